The van der Waals surface area contributed by atoms with Crippen LogP contribution in [0.2, 0.25) is 0 Å². The maximum Gasteiger partial charge on any atom is 0.135 e. The molecule has 0 saturated carbocycles. The molecule has 59 valence electrons. The minimum absolute atomic E-state index is 0. The number of hydrogen-bond acceptors (Lipinski definition) is 4. The molecule has 2 rings (SSSR count). The number of anilines is 1. The Morgan fingerprint density at radius 3 is 3.08 bits per heavy atom. The van der Waals surface area contributed by atoms with E-state index in [1.165, 1.54) is 6.33 Å². The second-order valence-electron chi connectivity index (χ2n) is 2.14. The molecule has 1 radical (unpaired) electrons. The van der Waals surface area contributed by atoms with E-state index in [1.807, 2.05) is 0 Å². The van der Waals surface area contributed by atoms with Crippen LogP contribution in [0.5, 0.6) is 0 Å². The van der Waals surface area contributed by atoms with Crippen molar-refractivity contribution in [3.63, 3.8) is 0 Å². The van der Waals surface area contributed by atoms with E-state index in [0.29, 0.717) is 23.2 Å². The summed E-state index contributed by atoms with van der Waals surface area (Å²) in [7, 11) is 0. The van der Waals surface area contributed by atoms with Gasteiger partial charge in [0.1, 0.15) is 5.84 Å². The average Bonchev–Trinajstić information content (AvgIpc) is 2.34. The fraction of sp³-hybridized carbons (Fsp3) is 0. The van der Waals surface area contributed by atoms with Gasteiger partial charge in [-0.05, 0) is 6.33 Å². The molecular weight excluding hydrogens is 231 g/mol. The molecule has 0 aromatic carbocycles. The number of rotatable bonds is 0. The molecule has 0 atom stereocenters. The van der Waals surface area contributed by atoms with Gasteiger partial charge < -0.3 is 21.0 Å². The van der Waals surface area contributed by atoms with Crippen LogP contribution in [0.1, 0.15) is 5.69 Å². The van der Waals surface area contributed by atoms with Crippen LogP contribution in [0.4, 0.5) is 5.82 Å². The summed E-state index contributed by atoms with van der Waals surface area (Å²) in [5, 5.41) is 2.83. The molecule has 0 unspecified atom stereocenters. The van der Waals surface area contributed by atoms with Gasteiger partial charge in [-0.15, -0.1) is 0 Å². The summed E-state index contributed by atoms with van der Waals surface area (Å²) in [5.74, 6) is 1.49. The number of amidine groups is 1. The third kappa shape index (κ3) is 1.42. The Balaban J connectivity index is 0.000000720. The molecule has 0 fully saturated rings. The van der Waals surface area contributed by atoms with Crippen molar-refractivity contribution in [3.8, 4) is 0 Å². The van der Waals surface area contributed by atoms with Crippen molar-refractivity contribution in [2.24, 2.45) is 10.7 Å². The maximum atomic E-state index is 5.53. The van der Waals surface area contributed by atoms with Gasteiger partial charge in [0.05, 0.1) is 5.82 Å². The summed E-state index contributed by atoms with van der Waals surface area (Å²) >= 11 is 0. The first-order chi connectivity index (χ1) is 5.27. The van der Waals surface area contributed by atoms with Crippen molar-refractivity contribution in [1.82, 2.24) is 9.97 Å². The van der Waals surface area contributed by atoms with E-state index < -0.39 is 0 Å². The normalized spacial score (nSPS) is 14.0. The Morgan fingerprint density at radius 2 is 2.33 bits per heavy atom. The van der Waals surface area contributed by atoms with Crippen molar-refractivity contribution in [1.29, 1.82) is 0 Å². The van der Waals surface area contributed by atoms with Gasteiger partial charge in [0, 0.05) is 44.2 Å². The fourth-order valence-corrected chi connectivity index (χ4v) is 0.909. The zero-order valence-corrected chi connectivity index (χ0v) is 9.12. The van der Waals surface area contributed by atoms with Gasteiger partial charge >= 0.3 is 0 Å². The smallest absolute Gasteiger partial charge is 0.135 e. The summed E-state index contributed by atoms with van der Waals surface area (Å²) in [5.41, 5.74) is 6.12. The van der Waals surface area contributed by atoms with Gasteiger partial charge in [-0.2, -0.15) is 0 Å². The molecule has 0 bridgehead atoms. The van der Waals surface area contributed by atoms with Gasteiger partial charge in [-0.25, -0.2) is 4.99 Å². The minimum atomic E-state index is 0. The van der Waals surface area contributed by atoms with Crippen LogP contribution in [0.3, 0.4) is 0 Å². The van der Waals surface area contributed by atoms with E-state index in [2.05, 4.69) is 26.9 Å². The number of fused-ring (bicyclic) bond motifs is 1. The molecule has 1 aliphatic heterocycles. The zero-order valence-electron chi connectivity index (χ0n) is 6.28. The molecule has 0 spiro atoms. The van der Waals surface area contributed by atoms with E-state index in [9.17, 15) is 0 Å². The van der Waals surface area contributed by atoms with Gasteiger partial charge in [0.15, 0.2) is 0 Å². The van der Waals surface area contributed by atoms with Gasteiger partial charge in [-0.3, -0.25) is 0 Å². The van der Waals surface area contributed by atoms with Crippen molar-refractivity contribution >= 4 is 11.7 Å². The van der Waals surface area contributed by atoms with Crippen LogP contribution < -0.4 is 16.0 Å². The quantitative estimate of drug-likeness (QED) is 0.645. The number of nitrogens with two attached hydrogens (primary N) is 1. The molecule has 1 aromatic heterocycles. The van der Waals surface area contributed by atoms with Gasteiger partial charge in [-0.1, -0.05) is 6.58 Å². The predicted molar refractivity (Wildman–Crippen MR) is 41.0 cm³/mol. The summed E-state index contributed by atoms with van der Waals surface area (Å²) in [6.07, 6.45) is 1.43. The minimum Gasteiger partial charge on any atom is -0.399 e. The second-order valence-corrected chi connectivity index (χ2v) is 2.14. The molecule has 2 heterocycles. The van der Waals surface area contributed by atoms with Crippen molar-refractivity contribution in [2.75, 3.05) is 5.32 Å². The van der Waals surface area contributed by atoms with E-state index in [1.54, 1.807) is 0 Å². The molecule has 6 heteroatoms. The van der Waals surface area contributed by atoms with Crippen molar-refractivity contribution < 1.29 is 32.7 Å². The Morgan fingerprint density at radius 1 is 1.58 bits per heavy atom. The largest absolute Gasteiger partial charge is 0.399 e. The zero-order chi connectivity index (χ0) is 7.84. The maximum absolute atomic E-state index is 5.53. The average molecular weight is 237 g/mol. The van der Waals surface area contributed by atoms with Crippen LogP contribution in [-0.4, -0.2) is 10.8 Å². The molecule has 1 aliphatic rings. The van der Waals surface area contributed by atoms with Crippen molar-refractivity contribution in [3.05, 3.63) is 24.4 Å². The third-order valence-corrected chi connectivity index (χ3v) is 1.36. The number of aromatic nitrogens is 2. The van der Waals surface area contributed by atoms with Crippen LogP contribution in [-0.2, 0) is 32.7 Å². The Kier molecular flexibility index (Phi) is 2.64. The summed E-state index contributed by atoms with van der Waals surface area (Å²) in [6.45, 7) is 3.60. The summed E-state index contributed by atoms with van der Waals surface area (Å²) in [4.78, 5) is 11.7. The molecule has 5 nitrogen and oxygen atoms in total. The molecule has 0 saturated heterocycles. The first kappa shape index (κ1) is 9.41. The molecule has 0 amide bonds. The van der Waals surface area contributed by atoms with Gasteiger partial charge in [0.2, 0.25) is 0 Å². The third-order valence-electron chi connectivity index (χ3n) is 1.36. The SMILES string of the molecule is C=C1N=C(N)c2nc[n-]c2N1.[Y]. The topological polar surface area (TPSA) is 77.4 Å². The van der Waals surface area contributed by atoms with E-state index in [-0.39, 0.29) is 32.7 Å². The van der Waals surface area contributed by atoms with Crippen LogP contribution in [0.15, 0.2) is 23.7 Å². The standard InChI is InChI=1S/C6H6N5.Y/c1-3-10-5(7)4-6(11-3)9-2-8-4;/h2,11H,1H2,(H2-,7,8,9,10);/q-1;. The van der Waals surface area contributed by atoms with Crippen LogP contribution in [0, 0.1) is 0 Å². The number of aliphatic imine (C=N–C) groups is 1. The summed E-state index contributed by atoms with van der Waals surface area (Å²) in [6, 6.07) is 0. The predicted octanol–water partition coefficient (Wildman–Crippen LogP) is -0.362. The molecule has 12 heavy (non-hydrogen) atoms. The van der Waals surface area contributed by atoms with Crippen molar-refractivity contribution in [2.45, 2.75) is 0 Å². The van der Waals surface area contributed by atoms with E-state index in [4.69, 9.17) is 5.73 Å². The van der Waals surface area contributed by atoms with Crippen LogP contribution in [0.25, 0.3) is 0 Å². The Labute approximate surface area is 94.4 Å². The summed E-state index contributed by atoms with van der Waals surface area (Å²) < 4.78 is 0. The number of nitrogens with one attached hydrogen (secondary N) is 1. The monoisotopic (exact) mass is 237 g/mol. The molecule has 1 aromatic rings. The first-order valence-corrected chi connectivity index (χ1v) is 3.05. The molecule has 0 aliphatic carbocycles. The number of imidazole rings is 1. The van der Waals surface area contributed by atoms with Crippen LogP contribution >= 0.6 is 0 Å². The van der Waals surface area contributed by atoms with E-state index in [0.717, 1.165) is 0 Å². The Hall–Kier alpha value is -0.676. The number of hydrogen-bond donors (Lipinski definition) is 2. The fourth-order valence-electron chi connectivity index (χ4n) is 0.909. The molecule has 3 N–H and O–H groups in total. The first-order valence-electron chi connectivity index (χ1n) is 3.05. The van der Waals surface area contributed by atoms with Gasteiger partial charge in [0.25, 0.3) is 0 Å². The van der Waals surface area contributed by atoms with E-state index >= 15 is 0 Å². The second kappa shape index (κ2) is 3.37. The number of nitrogens with zero attached hydrogens (tertiary/aromatic N) is 3. The Bertz CT molecular complexity index is 339. The molecular formula is C6H6N5Y-.